The molecule has 0 amide bonds. The van der Waals surface area contributed by atoms with Gasteiger partial charge in [-0.3, -0.25) is 9.80 Å². The molecule has 2 atom stereocenters. The molecule has 0 unspecified atom stereocenters. The van der Waals surface area contributed by atoms with Crippen molar-refractivity contribution in [3.8, 4) is 68.6 Å². The second kappa shape index (κ2) is 13.5. The predicted octanol–water partition coefficient (Wildman–Crippen LogP) is 6.78. The van der Waals surface area contributed by atoms with E-state index in [0.29, 0.717) is 52.4 Å². The van der Waals surface area contributed by atoms with Gasteiger partial charge >= 0.3 is 0 Å². The summed E-state index contributed by atoms with van der Waals surface area (Å²) >= 11 is 0. The number of nitrogens with zero attached hydrogens (tertiary/aromatic N) is 2. The number of hydrogen-bond donors (Lipinski definition) is 0. The molecule has 274 valence electrons. The molecule has 0 saturated carbocycles. The molecule has 0 bridgehead atoms. The normalized spacial score (nSPS) is 18.5. The number of benzene rings is 4. The number of likely N-dealkylation sites (N-methyl/N-ethyl adjacent to an activating group) is 2. The molecular formula is C41H46N2O9. The van der Waals surface area contributed by atoms with Crippen molar-refractivity contribution in [3.05, 3.63) is 69.8 Å². The fourth-order valence-electron chi connectivity index (χ4n) is 8.68. The Bertz CT molecular complexity index is 2030. The van der Waals surface area contributed by atoms with Crippen LogP contribution in [0.5, 0.6) is 57.5 Å². The van der Waals surface area contributed by atoms with Crippen LogP contribution in [-0.4, -0.2) is 86.4 Å². The molecule has 52 heavy (non-hydrogen) atoms. The first-order valence-corrected chi connectivity index (χ1v) is 17.6. The van der Waals surface area contributed by atoms with Gasteiger partial charge in [-0.15, -0.1) is 0 Å². The summed E-state index contributed by atoms with van der Waals surface area (Å²) in [7, 11) is 14.3. The van der Waals surface area contributed by atoms with Crippen molar-refractivity contribution >= 4 is 0 Å². The van der Waals surface area contributed by atoms with E-state index in [-0.39, 0.29) is 18.9 Å². The van der Waals surface area contributed by atoms with E-state index in [2.05, 4.69) is 42.1 Å². The zero-order chi connectivity index (χ0) is 36.3. The molecule has 11 nitrogen and oxygen atoms in total. The first kappa shape index (κ1) is 34.1. The molecule has 1 aliphatic carbocycles. The third-order valence-corrected chi connectivity index (χ3v) is 11.2. The number of rotatable bonds is 10. The summed E-state index contributed by atoms with van der Waals surface area (Å²) in [6.45, 7) is 2.01. The highest BCUT2D eigenvalue weighted by atomic mass is 16.7. The van der Waals surface area contributed by atoms with Gasteiger partial charge in [0.1, 0.15) is 5.75 Å². The van der Waals surface area contributed by atoms with Crippen LogP contribution in [0.4, 0.5) is 0 Å². The Labute approximate surface area is 304 Å². The molecule has 0 radical (unpaired) electrons. The number of hydrogen-bond acceptors (Lipinski definition) is 11. The van der Waals surface area contributed by atoms with Gasteiger partial charge in [0.25, 0.3) is 0 Å². The molecule has 0 saturated heterocycles. The Morgan fingerprint density at radius 1 is 0.654 bits per heavy atom. The van der Waals surface area contributed by atoms with Crippen LogP contribution in [0, 0.1) is 0 Å². The lowest BCUT2D eigenvalue weighted by Gasteiger charge is -2.41. The number of ether oxygens (including phenoxy) is 9. The van der Waals surface area contributed by atoms with E-state index in [4.69, 9.17) is 42.6 Å². The molecule has 4 aromatic rings. The van der Waals surface area contributed by atoms with E-state index in [0.717, 1.165) is 66.1 Å². The van der Waals surface area contributed by atoms with E-state index in [9.17, 15) is 0 Å². The molecule has 0 aromatic heterocycles. The molecular weight excluding hydrogens is 664 g/mol. The molecule has 8 rings (SSSR count). The van der Waals surface area contributed by atoms with Crippen molar-refractivity contribution < 1.29 is 42.6 Å². The zero-order valence-corrected chi connectivity index (χ0v) is 31.1. The molecule has 3 heterocycles. The van der Waals surface area contributed by atoms with Crippen molar-refractivity contribution in [1.29, 1.82) is 0 Å². The summed E-state index contributed by atoms with van der Waals surface area (Å²) < 4.78 is 54.2. The summed E-state index contributed by atoms with van der Waals surface area (Å²) in [5, 5.41) is 0. The van der Waals surface area contributed by atoms with Gasteiger partial charge in [0.2, 0.25) is 24.0 Å². The van der Waals surface area contributed by atoms with E-state index < -0.39 is 0 Å². The largest absolute Gasteiger partial charge is 0.493 e. The van der Waals surface area contributed by atoms with E-state index in [1.165, 1.54) is 22.3 Å². The van der Waals surface area contributed by atoms with Crippen LogP contribution >= 0.6 is 0 Å². The van der Waals surface area contributed by atoms with E-state index in [1.807, 2.05) is 18.2 Å². The first-order valence-electron chi connectivity index (χ1n) is 17.6. The van der Waals surface area contributed by atoms with Gasteiger partial charge in [0.15, 0.2) is 34.5 Å². The van der Waals surface area contributed by atoms with Crippen LogP contribution in [0.3, 0.4) is 0 Å². The topological polar surface area (TPSA) is 89.6 Å². The Hall–Kier alpha value is -5.00. The monoisotopic (exact) mass is 710 g/mol. The summed E-state index contributed by atoms with van der Waals surface area (Å²) in [5.41, 5.74) is 8.87. The van der Waals surface area contributed by atoms with Gasteiger partial charge in [-0.2, -0.15) is 0 Å². The molecule has 0 spiro atoms. The number of fused-ring (bicyclic) bond motifs is 5. The maximum Gasteiger partial charge on any atom is 0.231 e. The second-order valence-electron chi connectivity index (χ2n) is 13.7. The van der Waals surface area contributed by atoms with Gasteiger partial charge in [-0.05, 0) is 86.3 Å². The van der Waals surface area contributed by atoms with Crippen molar-refractivity contribution in [1.82, 2.24) is 9.80 Å². The maximum atomic E-state index is 6.83. The van der Waals surface area contributed by atoms with Crippen LogP contribution in [0.15, 0.2) is 36.4 Å². The lowest BCUT2D eigenvalue weighted by atomic mass is 9.75. The first-order chi connectivity index (χ1) is 25.3. The average molecular weight is 711 g/mol. The molecule has 4 aromatic carbocycles. The molecule has 3 aliphatic heterocycles. The van der Waals surface area contributed by atoms with E-state index in [1.54, 1.807) is 42.7 Å². The fraction of sp³-hybridized carbons (Fsp3) is 0.415. The Kier molecular flexibility index (Phi) is 8.87. The minimum Gasteiger partial charge on any atom is -0.493 e. The highest BCUT2D eigenvalue weighted by Gasteiger charge is 2.42. The van der Waals surface area contributed by atoms with E-state index >= 15 is 0 Å². The Morgan fingerprint density at radius 3 is 2.02 bits per heavy atom. The minimum atomic E-state index is 0.0648. The summed E-state index contributed by atoms with van der Waals surface area (Å²) in [6, 6.07) is 12.7. The Balaban J connectivity index is 1.18. The molecule has 11 heteroatoms. The molecule has 0 N–H and O–H groups in total. The second-order valence-corrected chi connectivity index (χ2v) is 13.7. The third kappa shape index (κ3) is 5.24. The van der Waals surface area contributed by atoms with Gasteiger partial charge in [0.05, 0.1) is 42.7 Å². The third-order valence-electron chi connectivity index (χ3n) is 11.2. The fourth-order valence-corrected chi connectivity index (χ4v) is 8.68. The quantitative estimate of drug-likeness (QED) is 0.175. The number of methoxy groups -OCH3 is 6. The van der Waals surface area contributed by atoms with Crippen molar-refractivity contribution in [2.75, 3.05) is 76.6 Å². The van der Waals surface area contributed by atoms with Crippen LogP contribution in [-0.2, 0) is 25.7 Å². The smallest absolute Gasteiger partial charge is 0.231 e. The van der Waals surface area contributed by atoms with Crippen LogP contribution < -0.4 is 42.6 Å². The molecule has 4 aliphatic rings. The lowest BCUT2D eigenvalue weighted by Crippen LogP contribution is -2.36. The van der Waals surface area contributed by atoms with Crippen molar-refractivity contribution in [3.63, 3.8) is 0 Å². The maximum absolute atomic E-state index is 6.83. The summed E-state index contributed by atoms with van der Waals surface area (Å²) in [5.74, 6) is 6.59. The SMILES string of the molecule is COc1cc2c(c(Oc3ccc(C[C@H]4c5cc(OC)c6c(c5CCN4C)OCO6)cc3)c1OC)C[C@H]1c3c(c(OC)c(OC)c(OC)c3-2)CCN1C. The van der Waals surface area contributed by atoms with Crippen LogP contribution in [0.25, 0.3) is 11.1 Å². The minimum absolute atomic E-state index is 0.0648. The Morgan fingerprint density at radius 2 is 1.33 bits per heavy atom. The van der Waals surface area contributed by atoms with Gasteiger partial charge < -0.3 is 42.6 Å². The standard InChI is InChI=1S/C41H46N2O9/c1-42-15-13-24-26(19-32(45-4)39-36(24)50-21-51-39)29(42)17-22-9-11-23(12-10-22)52-37-28-18-30-33-25(14-16-43(30)2)35(46-5)41(49-8)40(48-7)34(33)27(28)20-31(44-3)38(37)47-6/h9-12,19-20,29-30H,13-18,21H2,1-8H3/t29-,30-/m0/s1. The average Bonchev–Trinajstić information content (AvgIpc) is 3.67. The lowest BCUT2D eigenvalue weighted by molar-refractivity contribution is 0.169. The summed E-state index contributed by atoms with van der Waals surface area (Å²) in [4.78, 5) is 4.78. The summed E-state index contributed by atoms with van der Waals surface area (Å²) in [6.07, 6.45) is 3.24. The van der Waals surface area contributed by atoms with Crippen LogP contribution in [0.2, 0.25) is 0 Å². The molecule has 0 fully saturated rings. The van der Waals surface area contributed by atoms with Crippen molar-refractivity contribution in [2.45, 2.75) is 37.8 Å². The van der Waals surface area contributed by atoms with Gasteiger partial charge in [-0.1, -0.05) is 12.1 Å². The predicted molar refractivity (Wildman–Crippen MR) is 196 cm³/mol. The van der Waals surface area contributed by atoms with Gasteiger partial charge in [0, 0.05) is 47.4 Å². The van der Waals surface area contributed by atoms with Crippen LogP contribution in [0.1, 0.15) is 45.5 Å². The highest BCUT2D eigenvalue weighted by Crippen LogP contribution is 2.60. The van der Waals surface area contributed by atoms with Crippen molar-refractivity contribution in [2.24, 2.45) is 0 Å². The van der Waals surface area contributed by atoms with Gasteiger partial charge in [-0.25, -0.2) is 0 Å². The zero-order valence-electron chi connectivity index (χ0n) is 31.1. The highest BCUT2D eigenvalue weighted by molar-refractivity contribution is 5.89.